The first-order valence-corrected chi connectivity index (χ1v) is 6.71. The Labute approximate surface area is 106 Å². The molecule has 0 amide bonds. The van der Waals surface area contributed by atoms with E-state index in [1.165, 1.54) is 5.56 Å². The zero-order valence-corrected chi connectivity index (χ0v) is 11.0. The smallest absolute Gasteiger partial charge is 0.123 e. The number of aliphatic hydroxyl groups excluding tert-OH is 1. The summed E-state index contributed by atoms with van der Waals surface area (Å²) >= 11 is 1.58. The van der Waals surface area contributed by atoms with Gasteiger partial charge in [-0.2, -0.15) is 0 Å². The van der Waals surface area contributed by atoms with Crippen molar-refractivity contribution in [2.75, 3.05) is 0 Å². The molecule has 0 saturated carbocycles. The van der Waals surface area contributed by atoms with Crippen LogP contribution in [0.2, 0.25) is 0 Å². The Hall–Kier alpha value is -1.19. The van der Waals surface area contributed by atoms with Crippen molar-refractivity contribution in [3.05, 3.63) is 40.9 Å². The lowest BCUT2D eigenvalue weighted by Crippen LogP contribution is -1.93. The van der Waals surface area contributed by atoms with Crippen molar-refractivity contribution in [1.82, 2.24) is 4.98 Å². The molecule has 0 radical (unpaired) electrons. The lowest BCUT2D eigenvalue weighted by atomic mass is 10.0. The maximum absolute atomic E-state index is 8.99. The molecule has 0 aliphatic carbocycles. The molecular weight excluding hydrogens is 230 g/mol. The predicted molar refractivity (Wildman–Crippen MR) is 72.0 cm³/mol. The van der Waals surface area contributed by atoms with Crippen LogP contribution in [-0.4, -0.2) is 10.1 Å². The second-order valence-electron chi connectivity index (χ2n) is 4.60. The van der Waals surface area contributed by atoms with Gasteiger partial charge in [0, 0.05) is 10.9 Å². The highest BCUT2D eigenvalue weighted by atomic mass is 32.1. The minimum Gasteiger partial charge on any atom is -0.390 e. The first-order valence-electron chi connectivity index (χ1n) is 5.83. The van der Waals surface area contributed by atoms with E-state index in [1.807, 2.05) is 5.38 Å². The third-order valence-corrected chi connectivity index (χ3v) is 3.50. The summed E-state index contributed by atoms with van der Waals surface area (Å²) in [6.45, 7) is 4.46. The lowest BCUT2D eigenvalue weighted by molar-refractivity contribution is 0.278. The third-order valence-electron chi connectivity index (χ3n) is 2.56. The number of aromatic nitrogens is 1. The van der Waals surface area contributed by atoms with Crippen LogP contribution in [0, 0.1) is 5.92 Å². The molecule has 2 rings (SSSR count). The summed E-state index contributed by atoms with van der Waals surface area (Å²) in [6.07, 6.45) is 1.11. The van der Waals surface area contributed by atoms with E-state index in [1.54, 1.807) is 11.3 Å². The van der Waals surface area contributed by atoms with Crippen LogP contribution >= 0.6 is 11.3 Å². The SMILES string of the molecule is CC(C)Cc1ccc(-c2nc(CO)cs2)cc1. The van der Waals surface area contributed by atoms with Crippen LogP contribution in [0.5, 0.6) is 0 Å². The fraction of sp³-hybridized carbons (Fsp3) is 0.357. The Morgan fingerprint density at radius 2 is 1.94 bits per heavy atom. The van der Waals surface area contributed by atoms with Gasteiger partial charge in [-0.05, 0) is 17.9 Å². The molecule has 1 aromatic heterocycles. The highest BCUT2D eigenvalue weighted by Crippen LogP contribution is 2.24. The maximum Gasteiger partial charge on any atom is 0.123 e. The molecule has 17 heavy (non-hydrogen) atoms. The Kier molecular flexibility index (Phi) is 3.92. The molecule has 90 valence electrons. The van der Waals surface area contributed by atoms with Crippen molar-refractivity contribution < 1.29 is 5.11 Å². The van der Waals surface area contributed by atoms with Gasteiger partial charge in [0.15, 0.2) is 0 Å². The minimum atomic E-state index is 0.0158. The van der Waals surface area contributed by atoms with E-state index < -0.39 is 0 Å². The zero-order chi connectivity index (χ0) is 12.3. The Balaban J connectivity index is 2.17. The summed E-state index contributed by atoms with van der Waals surface area (Å²) in [4.78, 5) is 4.36. The minimum absolute atomic E-state index is 0.0158. The summed E-state index contributed by atoms with van der Waals surface area (Å²) in [5, 5.41) is 11.9. The number of hydrogen-bond acceptors (Lipinski definition) is 3. The fourth-order valence-corrected chi connectivity index (χ4v) is 2.58. The van der Waals surface area contributed by atoms with Gasteiger partial charge in [-0.15, -0.1) is 11.3 Å². The largest absolute Gasteiger partial charge is 0.390 e. The van der Waals surface area contributed by atoms with Gasteiger partial charge in [0.1, 0.15) is 5.01 Å². The molecular formula is C14H17NOS. The van der Waals surface area contributed by atoms with Gasteiger partial charge in [0.2, 0.25) is 0 Å². The van der Waals surface area contributed by atoms with Gasteiger partial charge in [-0.1, -0.05) is 38.1 Å². The monoisotopic (exact) mass is 247 g/mol. The van der Waals surface area contributed by atoms with Crippen LogP contribution in [0.25, 0.3) is 10.6 Å². The molecule has 2 aromatic rings. The second-order valence-corrected chi connectivity index (χ2v) is 5.46. The molecule has 0 unspecified atom stereocenters. The van der Waals surface area contributed by atoms with Crippen LogP contribution in [0.15, 0.2) is 29.6 Å². The highest BCUT2D eigenvalue weighted by Gasteiger charge is 2.04. The fourth-order valence-electron chi connectivity index (χ4n) is 1.77. The van der Waals surface area contributed by atoms with Crippen LogP contribution in [0.1, 0.15) is 25.1 Å². The maximum atomic E-state index is 8.99. The number of benzene rings is 1. The standard InChI is InChI=1S/C14H17NOS/c1-10(2)7-11-3-5-12(6-4-11)14-15-13(8-16)9-17-14/h3-6,9-10,16H,7-8H2,1-2H3. The number of nitrogens with zero attached hydrogens (tertiary/aromatic N) is 1. The van der Waals surface area contributed by atoms with E-state index in [0.29, 0.717) is 5.92 Å². The first kappa shape index (κ1) is 12.3. The van der Waals surface area contributed by atoms with Crippen LogP contribution in [0.4, 0.5) is 0 Å². The Bertz CT molecular complexity index is 473. The molecule has 1 aromatic carbocycles. The van der Waals surface area contributed by atoms with Gasteiger partial charge in [0.05, 0.1) is 12.3 Å². The molecule has 0 aliphatic heterocycles. The normalized spacial score (nSPS) is 11.1. The average Bonchev–Trinajstić information content (AvgIpc) is 2.78. The lowest BCUT2D eigenvalue weighted by Gasteiger charge is -2.05. The second kappa shape index (κ2) is 5.43. The van der Waals surface area contributed by atoms with Crippen LogP contribution in [-0.2, 0) is 13.0 Å². The van der Waals surface area contributed by atoms with E-state index in [2.05, 4.69) is 43.1 Å². The molecule has 0 bridgehead atoms. The van der Waals surface area contributed by atoms with E-state index >= 15 is 0 Å². The van der Waals surface area contributed by atoms with Gasteiger partial charge in [-0.3, -0.25) is 0 Å². The van der Waals surface area contributed by atoms with E-state index in [9.17, 15) is 0 Å². The molecule has 0 spiro atoms. The zero-order valence-electron chi connectivity index (χ0n) is 10.2. The van der Waals surface area contributed by atoms with Gasteiger partial charge in [-0.25, -0.2) is 4.98 Å². The number of aliphatic hydroxyl groups is 1. The summed E-state index contributed by atoms with van der Waals surface area (Å²) < 4.78 is 0. The molecule has 0 aliphatic rings. The van der Waals surface area contributed by atoms with Crippen molar-refractivity contribution in [3.8, 4) is 10.6 Å². The molecule has 2 nitrogen and oxygen atoms in total. The van der Waals surface area contributed by atoms with Crippen molar-refractivity contribution in [2.45, 2.75) is 26.9 Å². The van der Waals surface area contributed by atoms with Crippen molar-refractivity contribution in [2.24, 2.45) is 5.92 Å². The van der Waals surface area contributed by atoms with E-state index in [0.717, 1.165) is 22.7 Å². The van der Waals surface area contributed by atoms with E-state index in [-0.39, 0.29) is 6.61 Å². The van der Waals surface area contributed by atoms with Crippen molar-refractivity contribution >= 4 is 11.3 Å². The summed E-state index contributed by atoms with van der Waals surface area (Å²) in [5.41, 5.74) is 3.24. The molecule has 0 saturated heterocycles. The molecule has 0 fully saturated rings. The van der Waals surface area contributed by atoms with Gasteiger partial charge in [0.25, 0.3) is 0 Å². The predicted octanol–water partition coefficient (Wildman–Crippen LogP) is 3.50. The first-order chi connectivity index (χ1) is 8.19. The van der Waals surface area contributed by atoms with Gasteiger partial charge < -0.3 is 5.11 Å². The summed E-state index contributed by atoms with van der Waals surface area (Å²) in [7, 11) is 0. The van der Waals surface area contributed by atoms with Crippen molar-refractivity contribution in [3.63, 3.8) is 0 Å². The summed E-state index contributed by atoms with van der Waals surface area (Å²) in [5.74, 6) is 0.682. The molecule has 3 heteroatoms. The highest BCUT2D eigenvalue weighted by molar-refractivity contribution is 7.13. The third kappa shape index (κ3) is 3.14. The van der Waals surface area contributed by atoms with E-state index in [4.69, 9.17) is 5.11 Å². The summed E-state index contributed by atoms with van der Waals surface area (Å²) in [6, 6.07) is 8.54. The van der Waals surface area contributed by atoms with Crippen molar-refractivity contribution in [1.29, 1.82) is 0 Å². The van der Waals surface area contributed by atoms with Crippen LogP contribution in [0.3, 0.4) is 0 Å². The van der Waals surface area contributed by atoms with Crippen LogP contribution < -0.4 is 0 Å². The van der Waals surface area contributed by atoms with Gasteiger partial charge >= 0.3 is 0 Å². The quantitative estimate of drug-likeness (QED) is 0.897. The topological polar surface area (TPSA) is 33.1 Å². The Morgan fingerprint density at radius 1 is 1.24 bits per heavy atom. The molecule has 1 N–H and O–H groups in total. The molecule has 0 atom stereocenters. The number of hydrogen-bond donors (Lipinski definition) is 1. The Morgan fingerprint density at radius 3 is 2.47 bits per heavy atom. The number of rotatable bonds is 4. The molecule has 1 heterocycles. The number of thiazole rings is 1. The average molecular weight is 247 g/mol.